The van der Waals surface area contributed by atoms with Crippen molar-refractivity contribution in [3.63, 3.8) is 0 Å². The van der Waals surface area contributed by atoms with E-state index in [2.05, 4.69) is 17.5 Å². The van der Waals surface area contributed by atoms with Crippen LogP contribution in [0.3, 0.4) is 0 Å². The van der Waals surface area contributed by atoms with Gasteiger partial charge in [-0.3, -0.25) is 9.59 Å². The Balaban J connectivity index is 2.39. The second-order valence-corrected chi connectivity index (χ2v) is 3.32. The molecule has 0 aromatic rings. The highest BCUT2D eigenvalue weighted by Gasteiger charge is 2.32. The number of hydroxylamine groups is 2. The van der Waals surface area contributed by atoms with Gasteiger partial charge in [-0.05, 0) is 12.2 Å². The lowest BCUT2D eigenvalue weighted by molar-refractivity contribution is -0.197. The summed E-state index contributed by atoms with van der Waals surface area (Å²) in [4.78, 5) is 37.7. The van der Waals surface area contributed by atoms with Crippen LogP contribution in [0.2, 0.25) is 0 Å². The molecule has 0 spiro atoms. The normalized spacial score (nSPS) is 16.2. The lowest BCUT2D eigenvalue weighted by atomic mass is 10.3. The van der Waals surface area contributed by atoms with Crippen molar-refractivity contribution < 1.29 is 19.2 Å². The molecule has 1 fully saturated rings. The average Bonchev–Trinajstić information content (AvgIpc) is 2.46. The molecule has 5 nitrogen and oxygen atoms in total. The van der Waals surface area contributed by atoms with Gasteiger partial charge in [0.05, 0.1) is 0 Å². The fourth-order valence-corrected chi connectivity index (χ4v) is 1.19. The highest BCUT2D eigenvalue weighted by atomic mass is 32.1. The summed E-state index contributed by atoms with van der Waals surface area (Å²) in [7, 11) is 0. The van der Waals surface area contributed by atoms with Crippen LogP contribution >= 0.6 is 12.6 Å². The van der Waals surface area contributed by atoms with Gasteiger partial charge in [-0.2, -0.15) is 12.6 Å². The van der Waals surface area contributed by atoms with Gasteiger partial charge < -0.3 is 4.84 Å². The molecule has 0 saturated carbocycles. The number of thiol groups is 1. The van der Waals surface area contributed by atoms with E-state index in [-0.39, 0.29) is 19.3 Å². The van der Waals surface area contributed by atoms with E-state index in [0.717, 1.165) is 0 Å². The first-order valence-electron chi connectivity index (χ1n) is 4.32. The predicted octanol–water partition coefficient (Wildman–Crippen LogP) is 0.304. The van der Waals surface area contributed by atoms with E-state index in [1.165, 1.54) is 0 Å². The van der Waals surface area contributed by atoms with E-state index in [4.69, 9.17) is 0 Å². The Morgan fingerprint density at radius 2 is 1.93 bits per heavy atom. The molecule has 0 unspecified atom stereocenters. The van der Waals surface area contributed by atoms with Crippen LogP contribution in [0.5, 0.6) is 0 Å². The highest BCUT2D eigenvalue weighted by molar-refractivity contribution is 7.80. The summed E-state index contributed by atoms with van der Waals surface area (Å²) in [6.07, 6.45) is 0.982. The third-order valence-corrected chi connectivity index (χ3v) is 2.05. The zero-order valence-corrected chi connectivity index (χ0v) is 8.46. The molecular weight excluding hydrogens is 206 g/mol. The quantitative estimate of drug-likeness (QED) is 0.543. The van der Waals surface area contributed by atoms with Crippen LogP contribution in [0.15, 0.2) is 0 Å². The largest absolute Gasteiger partial charge is 0.333 e. The van der Waals surface area contributed by atoms with Crippen molar-refractivity contribution in [3.8, 4) is 0 Å². The predicted molar refractivity (Wildman–Crippen MR) is 50.3 cm³/mol. The average molecular weight is 217 g/mol. The first kappa shape index (κ1) is 11.0. The fraction of sp³-hybridized carbons (Fsp3) is 0.625. The second kappa shape index (κ2) is 4.99. The molecule has 14 heavy (non-hydrogen) atoms. The number of hydrogen-bond donors (Lipinski definition) is 1. The first-order valence-corrected chi connectivity index (χ1v) is 4.96. The van der Waals surface area contributed by atoms with Crippen LogP contribution in [-0.2, 0) is 19.2 Å². The molecule has 0 aliphatic carbocycles. The van der Waals surface area contributed by atoms with E-state index in [1.54, 1.807) is 0 Å². The molecule has 1 aliphatic heterocycles. The van der Waals surface area contributed by atoms with Crippen molar-refractivity contribution in [3.05, 3.63) is 0 Å². The Labute approximate surface area is 86.8 Å². The van der Waals surface area contributed by atoms with Crippen LogP contribution < -0.4 is 0 Å². The van der Waals surface area contributed by atoms with Gasteiger partial charge in [0.15, 0.2) is 0 Å². The van der Waals surface area contributed by atoms with Crippen LogP contribution in [0.25, 0.3) is 0 Å². The van der Waals surface area contributed by atoms with Gasteiger partial charge in [0, 0.05) is 19.3 Å². The van der Waals surface area contributed by atoms with Gasteiger partial charge in [-0.25, -0.2) is 4.79 Å². The Morgan fingerprint density at radius 1 is 1.36 bits per heavy atom. The van der Waals surface area contributed by atoms with Gasteiger partial charge in [0.1, 0.15) is 0 Å². The smallest absolute Gasteiger partial charge is 0.330 e. The summed E-state index contributed by atoms with van der Waals surface area (Å²) < 4.78 is 0. The van der Waals surface area contributed by atoms with E-state index in [1.807, 2.05) is 0 Å². The molecule has 0 radical (unpaired) electrons. The summed E-state index contributed by atoms with van der Waals surface area (Å²) in [6.45, 7) is 0. The summed E-state index contributed by atoms with van der Waals surface area (Å²) in [5, 5.41) is 0.556. The highest BCUT2D eigenvalue weighted by Crippen LogP contribution is 2.12. The van der Waals surface area contributed by atoms with Gasteiger partial charge in [0.25, 0.3) is 11.8 Å². The molecule has 1 saturated heterocycles. The minimum atomic E-state index is -0.567. The Hall–Kier alpha value is -1.04. The third-order valence-electron chi connectivity index (χ3n) is 1.74. The second-order valence-electron chi connectivity index (χ2n) is 2.87. The van der Waals surface area contributed by atoms with Gasteiger partial charge in [-0.1, -0.05) is 0 Å². The van der Waals surface area contributed by atoms with Gasteiger partial charge in [-0.15, -0.1) is 5.06 Å². The standard InChI is InChI=1S/C8H11NO4S/c10-6-3-4-7(11)9(6)13-8(12)2-1-5-14/h14H,1-5H2. The summed E-state index contributed by atoms with van der Waals surface area (Å²) in [5.41, 5.74) is 0. The van der Waals surface area contributed by atoms with Crippen molar-refractivity contribution in [2.45, 2.75) is 25.7 Å². The number of hydrogen-bond acceptors (Lipinski definition) is 5. The lowest BCUT2D eigenvalue weighted by Crippen LogP contribution is -2.31. The zero-order chi connectivity index (χ0) is 10.6. The molecule has 2 amide bonds. The van der Waals surface area contributed by atoms with Crippen molar-refractivity contribution in [2.24, 2.45) is 0 Å². The van der Waals surface area contributed by atoms with E-state index in [0.29, 0.717) is 17.2 Å². The molecular formula is C8H11NO4S. The van der Waals surface area contributed by atoms with Gasteiger partial charge in [0.2, 0.25) is 0 Å². The maximum atomic E-state index is 11.0. The first-order chi connectivity index (χ1) is 6.65. The molecule has 1 aliphatic rings. The summed E-state index contributed by atoms with van der Waals surface area (Å²) >= 11 is 3.92. The lowest BCUT2D eigenvalue weighted by Gasteiger charge is -2.11. The van der Waals surface area contributed by atoms with Crippen LogP contribution in [0.4, 0.5) is 0 Å². The fourth-order valence-electron chi connectivity index (χ4n) is 1.03. The molecule has 0 atom stereocenters. The minimum Gasteiger partial charge on any atom is -0.330 e. The van der Waals surface area contributed by atoms with E-state index < -0.39 is 17.8 Å². The Kier molecular flexibility index (Phi) is 3.94. The Bertz CT molecular complexity index is 250. The number of nitrogens with zero attached hydrogens (tertiary/aromatic N) is 1. The van der Waals surface area contributed by atoms with Crippen LogP contribution in [0.1, 0.15) is 25.7 Å². The van der Waals surface area contributed by atoms with Crippen LogP contribution in [0, 0.1) is 0 Å². The maximum absolute atomic E-state index is 11.0. The zero-order valence-electron chi connectivity index (χ0n) is 7.56. The van der Waals surface area contributed by atoms with Crippen molar-refractivity contribution in [1.82, 2.24) is 5.06 Å². The van der Waals surface area contributed by atoms with E-state index >= 15 is 0 Å². The number of rotatable bonds is 4. The molecule has 0 bridgehead atoms. The maximum Gasteiger partial charge on any atom is 0.333 e. The minimum absolute atomic E-state index is 0.124. The monoisotopic (exact) mass is 217 g/mol. The molecule has 78 valence electrons. The Morgan fingerprint density at radius 3 is 2.43 bits per heavy atom. The molecule has 1 rings (SSSR count). The van der Waals surface area contributed by atoms with Crippen molar-refractivity contribution in [2.75, 3.05) is 5.75 Å². The SMILES string of the molecule is O=C(CCCS)ON1C(=O)CCC1=O. The topological polar surface area (TPSA) is 63.7 Å². The molecule has 0 aromatic carbocycles. The number of imide groups is 1. The molecule has 0 aromatic heterocycles. The van der Waals surface area contributed by atoms with Crippen LogP contribution in [-0.4, -0.2) is 28.6 Å². The van der Waals surface area contributed by atoms with Gasteiger partial charge >= 0.3 is 5.97 Å². The molecule has 6 heteroatoms. The summed E-state index contributed by atoms with van der Waals surface area (Å²) in [6, 6.07) is 0. The summed E-state index contributed by atoms with van der Waals surface area (Å²) in [5.74, 6) is -0.900. The van der Waals surface area contributed by atoms with E-state index in [9.17, 15) is 14.4 Å². The number of carbonyl (C=O) groups excluding carboxylic acids is 3. The van der Waals surface area contributed by atoms with Crippen molar-refractivity contribution in [1.29, 1.82) is 0 Å². The van der Waals surface area contributed by atoms with Crippen molar-refractivity contribution >= 4 is 30.4 Å². The molecule has 0 N–H and O–H groups in total. The number of amides is 2. The molecule has 1 heterocycles. The number of carbonyl (C=O) groups is 3. The third kappa shape index (κ3) is 2.73.